The molecule has 0 unspecified atom stereocenters. The summed E-state index contributed by atoms with van der Waals surface area (Å²) in [6.07, 6.45) is -3.41. The van der Waals surface area contributed by atoms with Crippen LogP contribution in [-0.2, 0) is 9.59 Å². The quantitative estimate of drug-likeness (QED) is 0.802. The molecule has 1 aromatic rings. The molecular formula is C17H20ClF3N4O2. The molecule has 2 heterocycles. The third-order valence-electron chi connectivity index (χ3n) is 4.89. The number of hydrogen-bond donors (Lipinski definition) is 2. The summed E-state index contributed by atoms with van der Waals surface area (Å²) < 4.78 is 36.9. The topological polar surface area (TPSA) is 64.7 Å². The van der Waals surface area contributed by atoms with Crippen molar-refractivity contribution in [2.45, 2.75) is 24.6 Å². The molecule has 2 fully saturated rings. The highest BCUT2D eigenvalue weighted by Gasteiger charge is 2.53. The fourth-order valence-corrected chi connectivity index (χ4v) is 3.81. The molecule has 2 N–H and O–H groups in total. The number of benzene rings is 1. The number of nitrogens with zero attached hydrogens (tertiary/aromatic N) is 2. The lowest BCUT2D eigenvalue weighted by Crippen LogP contribution is -2.56. The minimum atomic E-state index is -4.49. The van der Waals surface area contributed by atoms with Crippen molar-refractivity contribution >= 4 is 29.1 Å². The molecule has 3 rings (SSSR count). The molecular weight excluding hydrogens is 385 g/mol. The molecule has 2 saturated heterocycles. The lowest BCUT2D eigenvalue weighted by Gasteiger charge is -2.40. The lowest BCUT2D eigenvalue weighted by atomic mass is 9.86. The van der Waals surface area contributed by atoms with Gasteiger partial charge in [0, 0.05) is 10.7 Å². The molecule has 148 valence electrons. The Morgan fingerprint density at radius 1 is 1.30 bits per heavy atom. The Kier molecular flexibility index (Phi) is 5.53. The van der Waals surface area contributed by atoms with Gasteiger partial charge in [-0.25, -0.2) is 0 Å². The van der Waals surface area contributed by atoms with Crippen LogP contribution in [0.3, 0.4) is 0 Å². The molecule has 0 bridgehead atoms. The summed E-state index contributed by atoms with van der Waals surface area (Å²) in [5.41, 5.74) is -0.0730. The second kappa shape index (κ2) is 7.55. The largest absolute Gasteiger partial charge is 0.405 e. The Labute approximate surface area is 159 Å². The Morgan fingerprint density at radius 2 is 2.00 bits per heavy atom. The molecule has 1 spiro atoms. The van der Waals surface area contributed by atoms with Crippen LogP contribution in [0.5, 0.6) is 0 Å². The van der Waals surface area contributed by atoms with Crippen molar-refractivity contribution < 1.29 is 22.8 Å². The predicted molar refractivity (Wildman–Crippen MR) is 94.4 cm³/mol. The number of alkyl halides is 3. The molecule has 1 aromatic carbocycles. The molecule has 10 heteroatoms. The van der Waals surface area contributed by atoms with Gasteiger partial charge in [-0.15, -0.1) is 0 Å². The highest BCUT2D eigenvalue weighted by Crippen LogP contribution is 2.38. The standard InChI is InChI=1S/C17H20ClF3N4O2/c18-12-2-1-3-13(8-12)25-11-24(9-14(26)23-10-17(19,20)21)15(27)16(25)4-6-22-7-5-16/h1-3,8,22H,4-7,9-11H2,(H,23,26). The molecule has 27 heavy (non-hydrogen) atoms. The van der Waals surface area contributed by atoms with Crippen LogP contribution in [0.25, 0.3) is 0 Å². The van der Waals surface area contributed by atoms with Gasteiger partial charge in [-0.3, -0.25) is 9.59 Å². The monoisotopic (exact) mass is 404 g/mol. The first-order valence-corrected chi connectivity index (χ1v) is 8.96. The van der Waals surface area contributed by atoms with Crippen LogP contribution in [0, 0.1) is 0 Å². The first-order chi connectivity index (χ1) is 12.7. The number of carbonyl (C=O) groups excluding carboxylic acids is 2. The van der Waals surface area contributed by atoms with Crippen LogP contribution in [0.4, 0.5) is 18.9 Å². The average Bonchev–Trinajstić information content (AvgIpc) is 2.86. The summed E-state index contributed by atoms with van der Waals surface area (Å²) >= 11 is 6.08. The molecule has 6 nitrogen and oxygen atoms in total. The van der Waals surface area contributed by atoms with Gasteiger partial charge in [0.1, 0.15) is 18.6 Å². The molecule has 0 aromatic heterocycles. The Balaban J connectivity index is 1.80. The predicted octanol–water partition coefficient (Wildman–Crippen LogP) is 1.75. The van der Waals surface area contributed by atoms with E-state index < -0.39 is 30.7 Å². The SMILES string of the molecule is O=C(CN1CN(c2cccc(Cl)c2)C2(CCNCC2)C1=O)NCC(F)(F)F. The molecule has 0 radical (unpaired) electrons. The first kappa shape index (κ1) is 19.8. The summed E-state index contributed by atoms with van der Waals surface area (Å²) in [4.78, 5) is 28.2. The Hall–Kier alpha value is -2.00. The maximum absolute atomic E-state index is 13.1. The summed E-state index contributed by atoms with van der Waals surface area (Å²) in [6.45, 7) is -0.436. The van der Waals surface area contributed by atoms with Crippen LogP contribution in [-0.4, -0.2) is 61.3 Å². The number of nitrogens with one attached hydrogen (secondary N) is 2. The van der Waals surface area contributed by atoms with Gasteiger partial charge in [-0.2, -0.15) is 13.2 Å². The number of carbonyl (C=O) groups is 2. The number of rotatable bonds is 4. The van der Waals surface area contributed by atoms with Crippen molar-refractivity contribution in [1.82, 2.24) is 15.5 Å². The van der Waals surface area contributed by atoms with E-state index in [2.05, 4.69) is 5.32 Å². The van der Waals surface area contributed by atoms with Crippen molar-refractivity contribution in [3.8, 4) is 0 Å². The third-order valence-corrected chi connectivity index (χ3v) is 5.12. The van der Waals surface area contributed by atoms with Crippen molar-refractivity contribution in [2.75, 3.05) is 37.7 Å². The van der Waals surface area contributed by atoms with E-state index in [4.69, 9.17) is 11.6 Å². The zero-order valence-corrected chi connectivity index (χ0v) is 15.2. The number of amides is 2. The van der Waals surface area contributed by atoms with Gasteiger partial charge >= 0.3 is 6.18 Å². The van der Waals surface area contributed by atoms with Crippen LogP contribution < -0.4 is 15.5 Å². The summed E-state index contributed by atoms with van der Waals surface area (Å²) in [5.74, 6) is -1.08. The molecule has 2 aliphatic rings. The van der Waals surface area contributed by atoms with Crippen molar-refractivity contribution in [3.63, 3.8) is 0 Å². The number of piperidine rings is 1. The highest BCUT2D eigenvalue weighted by atomic mass is 35.5. The second-order valence-electron chi connectivity index (χ2n) is 6.73. The minimum absolute atomic E-state index is 0.124. The zero-order chi connectivity index (χ0) is 19.7. The van der Waals surface area contributed by atoms with E-state index in [1.165, 1.54) is 4.90 Å². The van der Waals surface area contributed by atoms with E-state index in [1.807, 2.05) is 16.3 Å². The van der Waals surface area contributed by atoms with Gasteiger partial charge in [0.2, 0.25) is 11.8 Å². The van der Waals surface area contributed by atoms with Crippen LogP contribution in [0.15, 0.2) is 24.3 Å². The van der Waals surface area contributed by atoms with E-state index >= 15 is 0 Å². The van der Waals surface area contributed by atoms with Gasteiger partial charge in [-0.05, 0) is 44.1 Å². The second-order valence-corrected chi connectivity index (χ2v) is 7.16. The van der Waals surface area contributed by atoms with Gasteiger partial charge in [0.15, 0.2) is 0 Å². The number of hydrogen-bond acceptors (Lipinski definition) is 4. The van der Waals surface area contributed by atoms with Gasteiger partial charge in [-0.1, -0.05) is 17.7 Å². The first-order valence-electron chi connectivity index (χ1n) is 8.58. The number of halogens is 4. The van der Waals surface area contributed by atoms with Crippen molar-refractivity contribution in [1.29, 1.82) is 0 Å². The fraction of sp³-hybridized carbons (Fsp3) is 0.529. The lowest BCUT2D eigenvalue weighted by molar-refractivity contribution is -0.142. The average molecular weight is 405 g/mol. The Bertz CT molecular complexity index is 722. The normalized spacial score (nSPS) is 19.6. The molecule has 2 amide bonds. The Morgan fingerprint density at radius 3 is 2.63 bits per heavy atom. The molecule has 0 saturated carbocycles. The molecule has 0 atom stereocenters. The summed E-state index contributed by atoms with van der Waals surface area (Å²) in [5, 5.41) is 5.54. The van der Waals surface area contributed by atoms with Gasteiger partial charge < -0.3 is 20.4 Å². The third kappa shape index (κ3) is 4.30. The van der Waals surface area contributed by atoms with Crippen molar-refractivity contribution in [3.05, 3.63) is 29.3 Å². The molecule has 0 aliphatic carbocycles. The zero-order valence-electron chi connectivity index (χ0n) is 14.5. The minimum Gasteiger partial charge on any atom is -0.345 e. The van der Waals surface area contributed by atoms with E-state index in [-0.39, 0.29) is 12.6 Å². The van der Waals surface area contributed by atoms with Crippen LogP contribution in [0.1, 0.15) is 12.8 Å². The smallest absolute Gasteiger partial charge is 0.345 e. The van der Waals surface area contributed by atoms with E-state index in [1.54, 1.807) is 18.2 Å². The van der Waals surface area contributed by atoms with Gasteiger partial charge in [0.05, 0.1) is 6.67 Å². The van der Waals surface area contributed by atoms with Crippen LogP contribution in [0.2, 0.25) is 5.02 Å². The highest BCUT2D eigenvalue weighted by molar-refractivity contribution is 6.30. The van der Waals surface area contributed by atoms with E-state index in [9.17, 15) is 22.8 Å². The molecule has 2 aliphatic heterocycles. The summed E-state index contributed by atoms with van der Waals surface area (Å²) in [6, 6.07) is 7.07. The van der Waals surface area contributed by atoms with E-state index in [0.717, 1.165) is 5.69 Å². The van der Waals surface area contributed by atoms with E-state index in [0.29, 0.717) is 31.0 Å². The van der Waals surface area contributed by atoms with Gasteiger partial charge in [0.25, 0.3) is 0 Å². The maximum atomic E-state index is 13.1. The van der Waals surface area contributed by atoms with Crippen molar-refractivity contribution in [2.24, 2.45) is 0 Å². The fourth-order valence-electron chi connectivity index (χ4n) is 3.63. The maximum Gasteiger partial charge on any atom is 0.405 e. The number of anilines is 1. The van der Waals surface area contributed by atoms with Crippen LogP contribution >= 0.6 is 11.6 Å². The summed E-state index contributed by atoms with van der Waals surface area (Å²) in [7, 11) is 0.